The van der Waals surface area contributed by atoms with Gasteiger partial charge in [0.1, 0.15) is 6.54 Å². The maximum absolute atomic E-state index is 12.4. The number of nitrogens with zero attached hydrogens (tertiary/aromatic N) is 5. The van der Waals surface area contributed by atoms with Crippen molar-refractivity contribution in [3.63, 3.8) is 0 Å². The predicted molar refractivity (Wildman–Crippen MR) is 89.2 cm³/mol. The second-order valence-electron chi connectivity index (χ2n) is 7.94. The Morgan fingerprint density at radius 1 is 1.30 bits per heavy atom. The van der Waals surface area contributed by atoms with Crippen molar-refractivity contribution in [1.29, 1.82) is 0 Å². The lowest BCUT2D eigenvalue weighted by Gasteiger charge is -2.24. The first-order valence-electron chi connectivity index (χ1n) is 8.13. The molecule has 1 aromatic rings. The van der Waals surface area contributed by atoms with Crippen LogP contribution in [0, 0.1) is 11.3 Å². The minimum atomic E-state index is 0. The Kier molecular flexibility index (Phi) is 5.30. The molecule has 2 heterocycles. The topological polar surface area (TPSA) is 89.9 Å². The molecule has 0 radical (unpaired) electrons. The summed E-state index contributed by atoms with van der Waals surface area (Å²) in [6.07, 6.45) is 3.30. The van der Waals surface area contributed by atoms with E-state index in [4.69, 9.17) is 5.73 Å². The van der Waals surface area contributed by atoms with E-state index in [1.54, 1.807) is 0 Å². The van der Waals surface area contributed by atoms with Crippen LogP contribution < -0.4 is 5.73 Å². The molecule has 0 spiro atoms. The first kappa shape index (κ1) is 18.1. The minimum Gasteiger partial charge on any atom is -0.339 e. The number of carbonyl (C=O) groups excluding carboxylic acids is 1. The zero-order valence-electron chi connectivity index (χ0n) is 14.1. The third kappa shape index (κ3) is 4.64. The van der Waals surface area contributed by atoms with Gasteiger partial charge in [-0.1, -0.05) is 20.8 Å². The molecule has 2 aliphatic rings. The van der Waals surface area contributed by atoms with Gasteiger partial charge in [-0.15, -0.1) is 22.6 Å². The van der Waals surface area contributed by atoms with E-state index in [1.807, 2.05) is 4.90 Å². The van der Waals surface area contributed by atoms with E-state index in [2.05, 4.69) is 36.2 Å². The van der Waals surface area contributed by atoms with Gasteiger partial charge in [0.2, 0.25) is 5.91 Å². The third-order valence-electron chi connectivity index (χ3n) is 4.41. The second kappa shape index (κ2) is 6.73. The Morgan fingerprint density at radius 3 is 2.61 bits per heavy atom. The number of aromatic nitrogens is 4. The number of likely N-dealkylation sites (tertiary alicyclic amines) is 1. The SMILES string of the molecule is CC(C)(C)C[C@@H]1CN(C(=O)Cn2nnc(C3CC3)n2)C[C@H]1N.Cl. The van der Waals surface area contributed by atoms with Crippen molar-refractivity contribution in [2.24, 2.45) is 17.1 Å². The van der Waals surface area contributed by atoms with Crippen molar-refractivity contribution in [2.75, 3.05) is 13.1 Å². The van der Waals surface area contributed by atoms with Crippen LogP contribution in [0.25, 0.3) is 0 Å². The number of hydrogen-bond acceptors (Lipinski definition) is 5. The fourth-order valence-electron chi connectivity index (χ4n) is 3.15. The molecule has 23 heavy (non-hydrogen) atoms. The fraction of sp³-hybridized carbons (Fsp3) is 0.867. The molecule has 2 fully saturated rings. The lowest BCUT2D eigenvalue weighted by atomic mass is 9.83. The molecular formula is C15H27ClN6O. The highest BCUT2D eigenvalue weighted by Crippen LogP contribution is 2.37. The van der Waals surface area contributed by atoms with Gasteiger partial charge in [-0.25, -0.2) is 0 Å². The van der Waals surface area contributed by atoms with Gasteiger partial charge in [0.25, 0.3) is 0 Å². The van der Waals surface area contributed by atoms with Crippen molar-refractivity contribution in [1.82, 2.24) is 25.1 Å². The Bertz CT molecular complexity index is 550. The normalized spacial score (nSPS) is 24.6. The molecule has 7 nitrogen and oxygen atoms in total. The molecule has 1 saturated carbocycles. The molecule has 0 bridgehead atoms. The van der Waals surface area contributed by atoms with Gasteiger partial charge in [-0.05, 0) is 35.8 Å². The van der Waals surface area contributed by atoms with Crippen LogP contribution in [0.3, 0.4) is 0 Å². The van der Waals surface area contributed by atoms with Crippen LogP contribution in [-0.4, -0.2) is 50.1 Å². The first-order chi connectivity index (χ1) is 10.3. The van der Waals surface area contributed by atoms with E-state index < -0.39 is 0 Å². The van der Waals surface area contributed by atoms with Gasteiger partial charge >= 0.3 is 0 Å². The molecule has 8 heteroatoms. The third-order valence-corrected chi connectivity index (χ3v) is 4.41. The van der Waals surface area contributed by atoms with Crippen LogP contribution in [0.5, 0.6) is 0 Å². The Morgan fingerprint density at radius 2 is 2.00 bits per heavy atom. The number of hydrogen-bond donors (Lipinski definition) is 1. The van der Waals surface area contributed by atoms with Crippen LogP contribution >= 0.6 is 12.4 Å². The highest BCUT2D eigenvalue weighted by Gasteiger charge is 2.35. The highest BCUT2D eigenvalue weighted by molar-refractivity contribution is 5.85. The number of amides is 1. The molecule has 1 aliphatic heterocycles. The molecule has 130 valence electrons. The van der Waals surface area contributed by atoms with E-state index >= 15 is 0 Å². The molecule has 2 atom stereocenters. The highest BCUT2D eigenvalue weighted by atomic mass is 35.5. The largest absolute Gasteiger partial charge is 0.339 e. The number of tetrazole rings is 1. The van der Waals surface area contributed by atoms with Crippen molar-refractivity contribution in [3.8, 4) is 0 Å². The maximum atomic E-state index is 12.4. The molecule has 3 rings (SSSR count). The Labute approximate surface area is 143 Å². The van der Waals surface area contributed by atoms with Gasteiger partial charge in [0, 0.05) is 25.0 Å². The van der Waals surface area contributed by atoms with E-state index in [1.165, 1.54) is 4.80 Å². The number of nitrogens with two attached hydrogens (primary N) is 1. The van der Waals surface area contributed by atoms with Crippen LogP contribution in [0.15, 0.2) is 0 Å². The zero-order valence-corrected chi connectivity index (χ0v) is 14.9. The van der Waals surface area contributed by atoms with Gasteiger partial charge in [-0.3, -0.25) is 4.79 Å². The molecule has 0 unspecified atom stereocenters. The van der Waals surface area contributed by atoms with Crippen LogP contribution in [0.4, 0.5) is 0 Å². The molecule has 1 amide bonds. The average Bonchev–Trinajstić information content (AvgIpc) is 3.06. The summed E-state index contributed by atoms with van der Waals surface area (Å²) in [4.78, 5) is 15.7. The molecule has 2 N–H and O–H groups in total. The molecule has 1 aliphatic carbocycles. The van der Waals surface area contributed by atoms with E-state index in [0.717, 1.165) is 31.6 Å². The van der Waals surface area contributed by atoms with E-state index in [9.17, 15) is 4.79 Å². The summed E-state index contributed by atoms with van der Waals surface area (Å²) in [5, 5.41) is 12.3. The fourth-order valence-corrected chi connectivity index (χ4v) is 3.15. The number of halogens is 1. The van der Waals surface area contributed by atoms with Crippen molar-refractivity contribution in [3.05, 3.63) is 5.82 Å². The monoisotopic (exact) mass is 342 g/mol. The second-order valence-corrected chi connectivity index (χ2v) is 7.94. The molecule has 1 aromatic heterocycles. The summed E-state index contributed by atoms with van der Waals surface area (Å²) in [7, 11) is 0. The summed E-state index contributed by atoms with van der Waals surface area (Å²) >= 11 is 0. The van der Waals surface area contributed by atoms with Crippen LogP contribution in [-0.2, 0) is 11.3 Å². The standard InChI is InChI=1S/C15H26N6O.ClH/c1-15(2,3)6-11-7-20(8-12(11)16)13(22)9-21-18-14(17-19-21)10-4-5-10;/h10-12H,4-9,16H2,1-3H3;1H/t11-,12-;/m1./s1. The molecular weight excluding hydrogens is 316 g/mol. The van der Waals surface area contributed by atoms with E-state index in [-0.39, 0.29) is 36.3 Å². The average molecular weight is 343 g/mol. The number of carbonyl (C=O) groups is 1. The quantitative estimate of drug-likeness (QED) is 0.887. The summed E-state index contributed by atoms with van der Waals surface area (Å²) in [6.45, 7) is 8.16. The summed E-state index contributed by atoms with van der Waals surface area (Å²) in [5.41, 5.74) is 6.45. The van der Waals surface area contributed by atoms with Gasteiger partial charge in [0.05, 0.1) is 0 Å². The Balaban J connectivity index is 0.00000192. The summed E-state index contributed by atoms with van der Waals surface area (Å²) in [5.74, 6) is 1.64. The minimum absolute atomic E-state index is 0. The lowest BCUT2D eigenvalue weighted by molar-refractivity contribution is -0.131. The lowest BCUT2D eigenvalue weighted by Crippen LogP contribution is -2.35. The summed E-state index contributed by atoms with van der Waals surface area (Å²) < 4.78 is 0. The van der Waals surface area contributed by atoms with Crippen molar-refractivity contribution < 1.29 is 4.79 Å². The van der Waals surface area contributed by atoms with E-state index in [0.29, 0.717) is 18.4 Å². The maximum Gasteiger partial charge on any atom is 0.246 e. The first-order valence-corrected chi connectivity index (χ1v) is 8.13. The smallest absolute Gasteiger partial charge is 0.246 e. The van der Waals surface area contributed by atoms with Crippen LogP contribution in [0.2, 0.25) is 0 Å². The molecule has 0 aromatic carbocycles. The van der Waals surface area contributed by atoms with Gasteiger partial charge in [0.15, 0.2) is 5.82 Å². The van der Waals surface area contributed by atoms with Gasteiger partial charge in [-0.2, -0.15) is 4.80 Å². The number of rotatable bonds is 4. The molecule has 1 saturated heterocycles. The van der Waals surface area contributed by atoms with Gasteiger partial charge < -0.3 is 10.6 Å². The van der Waals surface area contributed by atoms with Crippen LogP contribution in [0.1, 0.15) is 51.8 Å². The van der Waals surface area contributed by atoms with Crippen molar-refractivity contribution in [2.45, 2.75) is 58.5 Å². The predicted octanol–water partition coefficient (Wildman–Crippen LogP) is 1.19. The Hall–Kier alpha value is -1.21. The zero-order chi connectivity index (χ0) is 15.9. The van der Waals surface area contributed by atoms with Crippen molar-refractivity contribution >= 4 is 18.3 Å². The summed E-state index contributed by atoms with van der Waals surface area (Å²) in [6, 6.07) is 0.0638.